The van der Waals surface area contributed by atoms with E-state index >= 15 is 0 Å². The Balaban J connectivity index is 2.66. The van der Waals surface area contributed by atoms with Gasteiger partial charge >= 0.3 is 0 Å². The van der Waals surface area contributed by atoms with Crippen molar-refractivity contribution in [2.45, 2.75) is 52.0 Å². The molecule has 0 spiro atoms. The standard InChI is InChI=1S/C16H22ClFN2/c1-5-12(6-2)11(4)20-14-9-7-8-13(18)15(14)19-16(20)10(3)17/h7-12H,5-6H2,1-4H3. The maximum absolute atomic E-state index is 14.0. The number of hydrogen-bond donors (Lipinski definition) is 0. The van der Waals surface area contributed by atoms with Gasteiger partial charge in [0.25, 0.3) is 0 Å². The summed E-state index contributed by atoms with van der Waals surface area (Å²) in [5.41, 5.74) is 1.26. The van der Waals surface area contributed by atoms with E-state index in [1.807, 2.05) is 13.0 Å². The van der Waals surface area contributed by atoms with Crippen LogP contribution in [0, 0.1) is 11.7 Å². The first kappa shape index (κ1) is 15.3. The highest BCUT2D eigenvalue weighted by atomic mass is 35.5. The molecule has 1 aromatic heterocycles. The third kappa shape index (κ3) is 2.56. The summed E-state index contributed by atoms with van der Waals surface area (Å²) in [7, 11) is 0. The maximum Gasteiger partial charge on any atom is 0.151 e. The molecule has 0 aliphatic heterocycles. The van der Waals surface area contributed by atoms with Crippen LogP contribution in [0.25, 0.3) is 11.0 Å². The van der Waals surface area contributed by atoms with Crippen LogP contribution in [0.1, 0.15) is 57.8 Å². The molecule has 110 valence electrons. The first-order valence-corrected chi connectivity index (χ1v) is 7.75. The largest absolute Gasteiger partial charge is 0.324 e. The van der Waals surface area contributed by atoms with E-state index < -0.39 is 0 Å². The zero-order valence-corrected chi connectivity index (χ0v) is 13.3. The van der Waals surface area contributed by atoms with Crippen LogP contribution in [-0.2, 0) is 0 Å². The van der Waals surface area contributed by atoms with Crippen molar-refractivity contribution in [2.24, 2.45) is 5.92 Å². The number of fused-ring (bicyclic) bond motifs is 1. The number of aromatic nitrogens is 2. The lowest BCUT2D eigenvalue weighted by atomic mass is 9.95. The lowest BCUT2D eigenvalue weighted by Gasteiger charge is -2.26. The van der Waals surface area contributed by atoms with E-state index in [1.165, 1.54) is 6.07 Å². The van der Waals surface area contributed by atoms with Gasteiger partial charge in [-0.3, -0.25) is 0 Å². The Labute approximate surface area is 125 Å². The molecular formula is C16H22ClFN2. The van der Waals surface area contributed by atoms with E-state index in [9.17, 15) is 4.39 Å². The normalized spacial score (nSPS) is 14.9. The van der Waals surface area contributed by atoms with Gasteiger partial charge in [-0.2, -0.15) is 0 Å². The van der Waals surface area contributed by atoms with Gasteiger partial charge in [-0.05, 0) is 31.9 Å². The molecule has 0 N–H and O–H groups in total. The van der Waals surface area contributed by atoms with Crippen molar-refractivity contribution in [1.82, 2.24) is 9.55 Å². The van der Waals surface area contributed by atoms with E-state index in [4.69, 9.17) is 11.6 Å². The van der Waals surface area contributed by atoms with E-state index in [2.05, 4.69) is 30.3 Å². The Morgan fingerprint density at radius 3 is 2.45 bits per heavy atom. The minimum Gasteiger partial charge on any atom is -0.324 e. The van der Waals surface area contributed by atoms with Crippen molar-refractivity contribution >= 4 is 22.6 Å². The first-order valence-electron chi connectivity index (χ1n) is 7.31. The molecule has 0 aliphatic rings. The molecule has 0 bridgehead atoms. The lowest BCUT2D eigenvalue weighted by Crippen LogP contribution is -2.18. The van der Waals surface area contributed by atoms with Crippen LogP contribution in [0.3, 0.4) is 0 Å². The summed E-state index contributed by atoms with van der Waals surface area (Å²) in [5, 5.41) is -0.237. The molecule has 0 radical (unpaired) electrons. The second-order valence-corrected chi connectivity index (χ2v) is 6.04. The molecule has 2 aromatic rings. The van der Waals surface area contributed by atoms with Crippen molar-refractivity contribution in [3.8, 4) is 0 Å². The van der Waals surface area contributed by atoms with Gasteiger partial charge in [-0.1, -0.05) is 32.8 Å². The van der Waals surface area contributed by atoms with Gasteiger partial charge in [0.1, 0.15) is 11.3 Å². The number of halogens is 2. The average Bonchev–Trinajstić information content (AvgIpc) is 2.81. The van der Waals surface area contributed by atoms with Gasteiger partial charge in [0.05, 0.1) is 10.9 Å². The Bertz CT molecular complexity index is 587. The van der Waals surface area contributed by atoms with Gasteiger partial charge < -0.3 is 4.57 Å². The molecule has 2 nitrogen and oxygen atoms in total. The summed E-state index contributed by atoms with van der Waals surface area (Å²) in [6.07, 6.45) is 2.17. The number of nitrogens with zero attached hydrogens (tertiary/aromatic N) is 2. The molecule has 0 saturated heterocycles. The monoisotopic (exact) mass is 296 g/mol. The Morgan fingerprint density at radius 1 is 1.25 bits per heavy atom. The molecule has 0 fully saturated rings. The predicted octanol–water partition coefficient (Wildman–Crippen LogP) is 5.47. The first-order chi connectivity index (χ1) is 9.51. The van der Waals surface area contributed by atoms with Gasteiger partial charge in [-0.25, -0.2) is 9.37 Å². The number of imidazole rings is 1. The number of para-hydroxylation sites is 1. The Morgan fingerprint density at radius 2 is 1.90 bits per heavy atom. The molecule has 0 aliphatic carbocycles. The number of benzene rings is 1. The highest BCUT2D eigenvalue weighted by Gasteiger charge is 2.24. The molecule has 0 amide bonds. The summed E-state index contributed by atoms with van der Waals surface area (Å²) < 4.78 is 16.1. The fraction of sp³-hybridized carbons (Fsp3) is 0.562. The van der Waals surface area contributed by atoms with Crippen molar-refractivity contribution in [1.29, 1.82) is 0 Å². The summed E-state index contributed by atoms with van der Waals surface area (Å²) >= 11 is 6.26. The molecule has 4 heteroatoms. The van der Waals surface area contributed by atoms with Crippen LogP contribution in [0.2, 0.25) is 0 Å². The van der Waals surface area contributed by atoms with E-state index in [0.29, 0.717) is 11.4 Å². The summed E-state index contributed by atoms with van der Waals surface area (Å²) in [6, 6.07) is 5.36. The van der Waals surface area contributed by atoms with E-state index in [-0.39, 0.29) is 17.2 Å². The summed E-state index contributed by atoms with van der Waals surface area (Å²) in [6.45, 7) is 8.44. The van der Waals surface area contributed by atoms with E-state index in [1.54, 1.807) is 6.07 Å². The quantitative estimate of drug-likeness (QED) is 0.669. The molecular weight excluding hydrogens is 275 g/mol. The highest BCUT2D eigenvalue weighted by Crippen LogP contribution is 2.33. The fourth-order valence-corrected chi connectivity index (χ4v) is 3.15. The molecule has 2 atom stereocenters. The van der Waals surface area contributed by atoms with Gasteiger partial charge in [-0.15, -0.1) is 11.6 Å². The number of alkyl halides is 1. The van der Waals surface area contributed by atoms with Crippen LogP contribution < -0.4 is 0 Å². The fourth-order valence-electron chi connectivity index (χ4n) is 2.99. The van der Waals surface area contributed by atoms with E-state index in [0.717, 1.165) is 24.2 Å². The topological polar surface area (TPSA) is 17.8 Å². The zero-order valence-electron chi connectivity index (χ0n) is 12.5. The predicted molar refractivity (Wildman–Crippen MR) is 82.7 cm³/mol. The second kappa shape index (κ2) is 6.13. The van der Waals surface area contributed by atoms with Crippen molar-refractivity contribution < 1.29 is 4.39 Å². The minimum absolute atomic E-state index is 0.237. The SMILES string of the molecule is CCC(CC)C(C)n1c(C(C)Cl)nc2c(F)cccc21. The van der Waals surface area contributed by atoms with Crippen molar-refractivity contribution in [3.05, 3.63) is 29.8 Å². The van der Waals surface area contributed by atoms with Gasteiger partial charge in [0.2, 0.25) is 0 Å². The number of hydrogen-bond acceptors (Lipinski definition) is 1. The minimum atomic E-state index is -0.281. The molecule has 0 saturated carbocycles. The smallest absolute Gasteiger partial charge is 0.151 e. The third-order valence-corrected chi connectivity index (χ3v) is 4.39. The van der Waals surface area contributed by atoms with Gasteiger partial charge in [0.15, 0.2) is 5.82 Å². The highest BCUT2D eigenvalue weighted by molar-refractivity contribution is 6.20. The van der Waals surface area contributed by atoms with Crippen LogP contribution in [0.4, 0.5) is 4.39 Å². The van der Waals surface area contributed by atoms with Crippen LogP contribution >= 0.6 is 11.6 Å². The van der Waals surface area contributed by atoms with Crippen LogP contribution in [0.5, 0.6) is 0 Å². The van der Waals surface area contributed by atoms with Crippen LogP contribution in [-0.4, -0.2) is 9.55 Å². The molecule has 1 heterocycles. The zero-order chi connectivity index (χ0) is 14.9. The maximum atomic E-state index is 14.0. The van der Waals surface area contributed by atoms with Crippen molar-refractivity contribution in [2.75, 3.05) is 0 Å². The third-order valence-electron chi connectivity index (χ3n) is 4.19. The summed E-state index contributed by atoms with van der Waals surface area (Å²) in [4.78, 5) is 4.44. The Kier molecular flexibility index (Phi) is 4.69. The van der Waals surface area contributed by atoms with Gasteiger partial charge in [0, 0.05) is 6.04 Å². The number of rotatable bonds is 5. The second-order valence-electron chi connectivity index (χ2n) is 5.38. The molecule has 2 rings (SSSR count). The summed E-state index contributed by atoms with van der Waals surface area (Å²) in [5.74, 6) is 1.01. The average molecular weight is 297 g/mol. The molecule has 2 unspecified atom stereocenters. The Hall–Kier alpha value is -1.09. The van der Waals surface area contributed by atoms with Crippen molar-refractivity contribution in [3.63, 3.8) is 0 Å². The molecule has 20 heavy (non-hydrogen) atoms. The lowest BCUT2D eigenvalue weighted by molar-refractivity contribution is 0.332. The van der Waals surface area contributed by atoms with Crippen LogP contribution in [0.15, 0.2) is 18.2 Å². The molecule has 1 aromatic carbocycles.